The van der Waals surface area contributed by atoms with Crippen molar-refractivity contribution in [1.82, 2.24) is 4.90 Å². The molecule has 3 rings (SSSR count). The van der Waals surface area contributed by atoms with Crippen LogP contribution in [0, 0.1) is 11.8 Å². The SMILES string of the molecule is CCCc1c(Cl)cccc1N1CCN(CCCCC(=O)c2cc(C)c(N=O)c(O)c2)CC1. The number of carbonyl (C=O) groups excluding carboxylic acids is 1. The summed E-state index contributed by atoms with van der Waals surface area (Å²) in [7, 11) is 0. The predicted molar refractivity (Wildman–Crippen MR) is 131 cm³/mol. The van der Waals surface area contributed by atoms with Crippen molar-refractivity contribution in [2.24, 2.45) is 5.18 Å². The average Bonchev–Trinajstić information content (AvgIpc) is 2.78. The Morgan fingerprint density at radius 3 is 2.56 bits per heavy atom. The lowest BCUT2D eigenvalue weighted by Gasteiger charge is -2.37. The highest BCUT2D eigenvalue weighted by Gasteiger charge is 2.20. The van der Waals surface area contributed by atoms with E-state index in [4.69, 9.17) is 11.6 Å². The van der Waals surface area contributed by atoms with Crippen LogP contribution in [0.5, 0.6) is 5.75 Å². The first-order valence-corrected chi connectivity index (χ1v) is 11.8. The number of aryl methyl sites for hydroxylation is 1. The number of anilines is 1. The summed E-state index contributed by atoms with van der Waals surface area (Å²) in [6.45, 7) is 8.77. The molecule has 6 nitrogen and oxygen atoms in total. The summed E-state index contributed by atoms with van der Waals surface area (Å²) in [4.78, 5) is 28.1. The second-order valence-electron chi connectivity index (χ2n) is 8.45. The Labute approximate surface area is 195 Å². The molecule has 0 bridgehead atoms. The van der Waals surface area contributed by atoms with E-state index in [9.17, 15) is 14.8 Å². The van der Waals surface area contributed by atoms with Crippen molar-refractivity contribution in [3.8, 4) is 5.75 Å². The van der Waals surface area contributed by atoms with E-state index in [2.05, 4.69) is 28.0 Å². The first-order chi connectivity index (χ1) is 15.4. The van der Waals surface area contributed by atoms with Gasteiger partial charge in [-0.15, -0.1) is 4.91 Å². The number of carbonyl (C=O) groups is 1. The van der Waals surface area contributed by atoms with Crippen LogP contribution in [-0.4, -0.2) is 48.5 Å². The lowest BCUT2D eigenvalue weighted by Crippen LogP contribution is -2.47. The lowest BCUT2D eigenvalue weighted by atomic mass is 10.0. The maximum absolute atomic E-state index is 12.5. The molecule has 0 unspecified atom stereocenters. The van der Waals surface area contributed by atoms with E-state index in [-0.39, 0.29) is 17.2 Å². The lowest BCUT2D eigenvalue weighted by molar-refractivity contribution is 0.0977. The van der Waals surface area contributed by atoms with Gasteiger partial charge in [0, 0.05) is 48.9 Å². The molecule has 0 aromatic heterocycles. The van der Waals surface area contributed by atoms with Gasteiger partial charge in [0.05, 0.1) is 0 Å². The highest BCUT2D eigenvalue weighted by Crippen LogP contribution is 2.32. The van der Waals surface area contributed by atoms with Gasteiger partial charge in [-0.1, -0.05) is 31.0 Å². The molecule has 1 saturated heterocycles. The number of halogens is 1. The Morgan fingerprint density at radius 2 is 1.91 bits per heavy atom. The molecule has 1 heterocycles. The maximum Gasteiger partial charge on any atom is 0.163 e. The quantitative estimate of drug-likeness (QED) is 0.274. The number of phenols is 1. The summed E-state index contributed by atoms with van der Waals surface area (Å²) in [5.41, 5.74) is 3.47. The molecule has 0 spiro atoms. The number of ketones is 1. The van der Waals surface area contributed by atoms with E-state index in [1.54, 1.807) is 13.0 Å². The molecule has 1 fully saturated rings. The van der Waals surface area contributed by atoms with Crippen LogP contribution in [-0.2, 0) is 6.42 Å². The van der Waals surface area contributed by atoms with Gasteiger partial charge in [-0.2, -0.15) is 0 Å². The van der Waals surface area contributed by atoms with Crippen LogP contribution >= 0.6 is 11.6 Å². The molecule has 0 atom stereocenters. The first kappa shape index (κ1) is 24.2. The maximum atomic E-state index is 12.5. The number of hydrogen-bond acceptors (Lipinski definition) is 6. The van der Waals surface area contributed by atoms with E-state index in [1.807, 2.05) is 12.1 Å². The van der Waals surface area contributed by atoms with Crippen LogP contribution in [0.4, 0.5) is 11.4 Å². The number of rotatable bonds is 10. The van der Waals surface area contributed by atoms with Gasteiger partial charge in [0.15, 0.2) is 11.5 Å². The fourth-order valence-corrected chi connectivity index (χ4v) is 4.62. The van der Waals surface area contributed by atoms with E-state index in [0.717, 1.165) is 63.4 Å². The van der Waals surface area contributed by atoms with Gasteiger partial charge >= 0.3 is 0 Å². The van der Waals surface area contributed by atoms with Crippen molar-refractivity contribution >= 4 is 28.8 Å². The number of piperazine rings is 1. The topological polar surface area (TPSA) is 73.2 Å². The van der Waals surface area contributed by atoms with Crippen LogP contribution in [0.3, 0.4) is 0 Å². The molecule has 2 aromatic rings. The predicted octanol–water partition coefficient (Wildman–Crippen LogP) is 5.88. The molecular formula is C25H32ClN3O3. The molecule has 1 N–H and O–H groups in total. The molecule has 1 aliphatic heterocycles. The van der Waals surface area contributed by atoms with Gasteiger partial charge in [-0.3, -0.25) is 9.69 Å². The zero-order valence-corrected chi connectivity index (χ0v) is 19.7. The number of Topliss-reactive ketones (excluding diaryl/α,β-unsaturated/α-hetero) is 1. The van der Waals surface area contributed by atoms with Gasteiger partial charge in [0.1, 0.15) is 5.75 Å². The molecule has 2 aromatic carbocycles. The zero-order chi connectivity index (χ0) is 23.1. The number of phenolic OH excluding ortho intramolecular Hbond substituents is 1. The molecule has 1 aliphatic rings. The van der Waals surface area contributed by atoms with Crippen LogP contribution in [0.1, 0.15) is 54.1 Å². The van der Waals surface area contributed by atoms with E-state index >= 15 is 0 Å². The standard InChI is InChI=1S/C25H32ClN3O3/c1-3-7-20-21(26)8-6-9-22(20)29-14-12-28(13-15-29)11-5-4-10-23(30)19-16-18(2)25(27-32)24(31)17-19/h6,8-9,16-17,31H,3-5,7,10-15H2,1-2H3. The van der Waals surface area contributed by atoms with Crippen molar-refractivity contribution in [1.29, 1.82) is 0 Å². The smallest absolute Gasteiger partial charge is 0.163 e. The van der Waals surface area contributed by atoms with Crippen molar-refractivity contribution in [2.45, 2.75) is 46.0 Å². The van der Waals surface area contributed by atoms with E-state index < -0.39 is 0 Å². The van der Waals surface area contributed by atoms with Crippen LogP contribution in [0.25, 0.3) is 0 Å². The summed E-state index contributed by atoms with van der Waals surface area (Å²) in [5.74, 6) is -0.252. The summed E-state index contributed by atoms with van der Waals surface area (Å²) in [6, 6.07) is 9.15. The second-order valence-corrected chi connectivity index (χ2v) is 8.86. The fourth-order valence-electron chi connectivity index (χ4n) is 4.36. The Kier molecular flexibility index (Phi) is 8.65. The summed E-state index contributed by atoms with van der Waals surface area (Å²) in [6.07, 6.45) is 4.24. The summed E-state index contributed by atoms with van der Waals surface area (Å²) < 4.78 is 0. The largest absolute Gasteiger partial charge is 0.506 e. The molecule has 32 heavy (non-hydrogen) atoms. The third-order valence-corrected chi connectivity index (χ3v) is 6.48. The van der Waals surface area contributed by atoms with Crippen molar-refractivity contribution in [3.05, 3.63) is 57.0 Å². The minimum atomic E-state index is -0.233. The van der Waals surface area contributed by atoms with Gasteiger partial charge < -0.3 is 10.0 Å². The average molecular weight is 458 g/mol. The molecule has 0 saturated carbocycles. The van der Waals surface area contributed by atoms with Crippen molar-refractivity contribution in [3.63, 3.8) is 0 Å². The van der Waals surface area contributed by atoms with Gasteiger partial charge in [0.2, 0.25) is 0 Å². The monoisotopic (exact) mass is 457 g/mol. The molecule has 0 radical (unpaired) electrons. The van der Waals surface area contributed by atoms with Gasteiger partial charge in [0.25, 0.3) is 0 Å². The number of aromatic hydroxyl groups is 1. The number of nitrogens with zero attached hydrogens (tertiary/aromatic N) is 3. The Hall–Kier alpha value is -2.44. The normalized spacial score (nSPS) is 14.5. The zero-order valence-electron chi connectivity index (χ0n) is 18.9. The number of nitroso groups, excluding NO2 is 1. The summed E-state index contributed by atoms with van der Waals surface area (Å²) in [5, 5.41) is 13.5. The molecular weight excluding hydrogens is 426 g/mol. The minimum absolute atomic E-state index is 0.000260. The third-order valence-electron chi connectivity index (χ3n) is 6.13. The van der Waals surface area contributed by atoms with Crippen LogP contribution in [0.2, 0.25) is 5.02 Å². The Morgan fingerprint density at radius 1 is 1.16 bits per heavy atom. The number of unbranched alkanes of at least 4 members (excludes halogenated alkanes) is 1. The van der Waals surface area contributed by atoms with Crippen LogP contribution < -0.4 is 4.90 Å². The molecule has 7 heteroatoms. The Bertz CT molecular complexity index is 932. The Balaban J connectivity index is 1.44. The molecule has 172 valence electrons. The van der Waals surface area contributed by atoms with Gasteiger partial charge in [-0.05, 0) is 73.3 Å². The third kappa shape index (κ3) is 5.87. The van der Waals surface area contributed by atoms with E-state index in [1.165, 1.54) is 17.3 Å². The number of hydrogen-bond donors (Lipinski definition) is 1. The van der Waals surface area contributed by atoms with Crippen molar-refractivity contribution in [2.75, 3.05) is 37.6 Å². The van der Waals surface area contributed by atoms with Crippen LogP contribution in [0.15, 0.2) is 35.5 Å². The fraction of sp³-hybridized carbons (Fsp3) is 0.480. The highest BCUT2D eigenvalue weighted by molar-refractivity contribution is 6.31. The molecule has 0 aliphatic carbocycles. The van der Waals surface area contributed by atoms with E-state index in [0.29, 0.717) is 17.5 Å². The first-order valence-electron chi connectivity index (χ1n) is 11.4. The number of benzene rings is 2. The van der Waals surface area contributed by atoms with Crippen molar-refractivity contribution < 1.29 is 9.90 Å². The minimum Gasteiger partial charge on any atom is -0.506 e. The summed E-state index contributed by atoms with van der Waals surface area (Å²) >= 11 is 6.45. The van der Waals surface area contributed by atoms with Gasteiger partial charge in [-0.25, -0.2) is 0 Å². The molecule has 0 amide bonds. The highest BCUT2D eigenvalue weighted by atomic mass is 35.5. The second kappa shape index (κ2) is 11.4.